The highest BCUT2D eigenvalue weighted by atomic mass is 19.1. The van der Waals surface area contributed by atoms with E-state index in [1.54, 1.807) is 0 Å². The molecule has 2 heterocycles. The molecule has 2 aromatic rings. The van der Waals surface area contributed by atoms with Gasteiger partial charge in [-0.2, -0.15) is 0 Å². The van der Waals surface area contributed by atoms with Gasteiger partial charge in [0.2, 0.25) is 0 Å². The summed E-state index contributed by atoms with van der Waals surface area (Å²) in [4.78, 5) is 27.4. The fourth-order valence-electron chi connectivity index (χ4n) is 4.12. The highest BCUT2D eigenvalue weighted by Crippen LogP contribution is 2.40. The van der Waals surface area contributed by atoms with Gasteiger partial charge in [0.05, 0.1) is 17.7 Å². The molecule has 1 N–H and O–H groups in total. The molecule has 2 atom stereocenters. The van der Waals surface area contributed by atoms with E-state index < -0.39 is 23.5 Å². The largest absolute Gasteiger partial charge is 0.507 e. The number of carbonyl (C=O) groups excluding carboxylic acids is 2. The summed E-state index contributed by atoms with van der Waals surface area (Å²) in [7, 11) is 0. The predicted molar refractivity (Wildman–Crippen MR) is 110 cm³/mol. The van der Waals surface area contributed by atoms with Gasteiger partial charge in [-0.25, -0.2) is 4.39 Å². The summed E-state index contributed by atoms with van der Waals surface area (Å²) >= 11 is 0. The van der Waals surface area contributed by atoms with Gasteiger partial charge in [-0.3, -0.25) is 9.59 Å². The number of aliphatic hydroxyl groups is 1. The number of aryl methyl sites for hydroxylation is 1. The average molecular weight is 409 g/mol. The molecule has 2 aliphatic heterocycles. The van der Waals surface area contributed by atoms with Crippen molar-refractivity contribution in [2.75, 3.05) is 13.2 Å². The fourth-order valence-corrected chi connectivity index (χ4v) is 4.12. The molecule has 1 amide bonds. The summed E-state index contributed by atoms with van der Waals surface area (Å²) in [5.74, 6) is -2.14. The Morgan fingerprint density at radius 2 is 1.83 bits per heavy atom. The van der Waals surface area contributed by atoms with Gasteiger partial charge in [-0.15, -0.1) is 0 Å². The molecule has 0 spiro atoms. The van der Waals surface area contributed by atoms with E-state index in [9.17, 15) is 19.1 Å². The Morgan fingerprint density at radius 3 is 2.43 bits per heavy atom. The number of hydrogen-bond donors (Lipinski definition) is 1. The van der Waals surface area contributed by atoms with Crippen molar-refractivity contribution in [3.63, 3.8) is 0 Å². The second-order valence-electron chi connectivity index (χ2n) is 7.69. The number of aliphatic hydroxyl groups excluding tert-OH is 1. The van der Waals surface area contributed by atoms with Crippen LogP contribution in [-0.2, 0) is 20.7 Å². The molecular weight excluding hydrogens is 385 g/mol. The molecule has 0 aliphatic carbocycles. The smallest absolute Gasteiger partial charge is 0.295 e. The lowest BCUT2D eigenvalue weighted by molar-refractivity contribution is -0.140. The number of benzene rings is 2. The molecular formula is C24H24FNO4. The summed E-state index contributed by atoms with van der Waals surface area (Å²) in [5.41, 5.74) is 2.19. The lowest BCUT2D eigenvalue weighted by atomic mass is 9.94. The highest BCUT2D eigenvalue weighted by Gasteiger charge is 2.47. The second kappa shape index (κ2) is 8.40. The summed E-state index contributed by atoms with van der Waals surface area (Å²) in [6.07, 6.45) is 2.47. The van der Waals surface area contributed by atoms with Crippen LogP contribution in [0.2, 0.25) is 0 Å². The van der Waals surface area contributed by atoms with Crippen LogP contribution in [0, 0.1) is 5.82 Å². The van der Waals surface area contributed by atoms with Crippen LogP contribution < -0.4 is 0 Å². The number of nitrogens with zero attached hydrogens (tertiary/aromatic N) is 1. The number of likely N-dealkylation sites (tertiary alicyclic amines) is 1. The van der Waals surface area contributed by atoms with E-state index in [1.807, 2.05) is 31.2 Å². The standard InChI is InChI=1S/C24H24FNO4/c1-2-15-5-7-16(8-6-15)21-20(22(27)17-9-11-18(25)12-10-17)23(28)24(29)26(21)14-19-4-3-13-30-19/h5-12,19,21,27H,2-4,13-14H2,1H3/b22-20-. The summed E-state index contributed by atoms with van der Waals surface area (Å²) in [5, 5.41) is 10.9. The van der Waals surface area contributed by atoms with E-state index in [2.05, 4.69) is 0 Å². The number of halogens is 1. The van der Waals surface area contributed by atoms with Gasteiger partial charge in [0.25, 0.3) is 11.7 Å². The molecule has 5 nitrogen and oxygen atoms in total. The maximum Gasteiger partial charge on any atom is 0.295 e. The van der Waals surface area contributed by atoms with Crippen molar-refractivity contribution in [1.29, 1.82) is 0 Å². The Kier molecular flexibility index (Phi) is 5.68. The van der Waals surface area contributed by atoms with E-state index in [0.717, 1.165) is 30.4 Å². The van der Waals surface area contributed by atoms with Crippen LogP contribution in [0.1, 0.15) is 42.5 Å². The van der Waals surface area contributed by atoms with E-state index in [-0.39, 0.29) is 24.0 Å². The first kappa shape index (κ1) is 20.3. The van der Waals surface area contributed by atoms with Gasteiger partial charge < -0.3 is 14.7 Å². The van der Waals surface area contributed by atoms with Crippen LogP contribution in [0.15, 0.2) is 54.1 Å². The zero-order valence-corrected chi connectivity index (χ0v) is 16.8. The van der Waals surface area contributed by atoms with Crippen LogP contribution in [-0.4, -0.2) is 41.0 Å². The van der Waals surface area contributed by atoms with Gasteiger partial charge >= 0.3 is 0 Å². The summed E-state index contributed by atoms with van der Waals surface area (Å²) in [6, 6.07) is 12.2. The first-order valence-corrected chi connectivity index (χ1v) is 10.2. The van der Waals surface area contributed by atoms with Gasteiger partial charge in [-0.05, 0) is 54.7 Å². The Bertz CT molecular complexity index is 975. The molecule has 2 fully saturated rings. The zero-order valence-electron chi connectivity index (χ0n) is 16.8. The normalized spacial score (nSPS) is 23.3. The minimum Gasteiger partial charge on any atom is -0.507 e. The lowest BCUT2D eigenvalue weighted by Crippen LogP contribution is -2.36. The third-order valence-electron chi connectivity index (χ3n) is 5.79. The van der Waals surface area contributed by atoms with E-state index in [0.29, 0.717) is 12.2 Å². The molecule has 2 unspecified atom stereocenters. The maximum absolute atomic E-state index is 13.3. The number of ether oxygens (including phenoxy) is 1. The van der Waals surface area contributed by atoms with Crippen molar-refractivity contribution in [2.45, 2.75) is 38.3 Å². The topological polar surface area (TPSA) is 66.8 Å². The third-order valence-corrected chi connectivity index (χ3v) is 5.79. The number of amides is 1. The first-order valence-electron chi connectivity index (χ1n) is 10.2. The molecule has 0 saturated carbocycles. The number of Topliss-reactive ketones (excluding diaryl/α,β-unsaturated/α-hetero) is 1. The van der Waals surface area contributed by atoms with Crippen LogP contribution in [0.3, 0.4) is 0 Å². The van der Waals surface area contributed by atoms with Gasteiger partial charge in [-0.1, -0.05) is 31.2 Å². The zero-order chi connectivity index (χ0) is 21.3. The van der Waals surface area contributed by atoms with Crippen LogP contribution in [0.25, 0.3) is 5.76 Å². The molecule has 6 heteroatoms. The van der Waals surface area contributed by atoms with E-state index >= 15 is 0 Å². The number of hydrogen-bond acceptors (Lipinski definition) is 4. The van der Waals surface area contributed by atoms with Crippen LogP contribution >= 0.6 is 0 Å². The molecule has 2 aliphatic rings. The van der Waals surface area contributed by atoms with Crippen molar-refractivity contribution >= 4 is 17.4 Å². The minimum absolute atomic E-state index is 0.0221. The van der Waals surface area contributed by atoms with Crippen molar-refractivity contribution in [2.24, 2.45) is 0 Å². The molecule has 0 radical (unpaired) electrons. The molecule has 0 bridgehead atoms. The summed E-state index contributed by atoms with van der Waals surface area (Å²) in [6.45, 7) is 2.97. The van der Waals surface area contributed by atoms with Gasteiger partial charge in [0.1, 0.15) is 11.6 Å². The number of carbonyl (C=O) groups is 2. The molecule has 30 heavy (non-hydrogen) atoms. The fraction of sp³-hybridized carbons (Fsp3) is 0.333. The number of rotatable bonds is 5. The quantitative estimate of drug-likeness (QED) is 0.461. The van der Waals surface area contributed by atoms with Crippen molar-refractivity contribution < 1.29 is 23.8 Å². The summed E-state index contributed by atoms with van der Waals surface area (Å²) < 4.78 is 19.0. The Morgan fingerprint density at radius 1 is 1.13 bits per heavy atom. The molecule has 4 rings (SSSR count). The highest BCUT2D eigenvalue weighted by molar-refractivity contribution is 6.46. The predicted octanol–water partition coefficient (Wildman–Crippen LogP) is 3.99. The van der Waals surface area contributed by atoms with Crippen molar-refractivity contribution in [3.05, 3.63) is 76.6 Å². The number of ketones is 1. The minimum atomic E-state index is -0.737. The Labute approximate surface area is 174 Å². The Balaban J connectivity index is 1.80. The molecule has 2 aromatic carbocycles. The molecule has 0 aromatic heterocycles. The lowest BCUT2D eigenvalue weighted by Gasteiger charge is -2.27. The molecule has 156 valence electrons. The third kappa shape index (κ3) is 3.75. The van der Waals surface area contributed by atoms with Crippen molar-refractivity contribution in [1.82, 2.24) is 4.90 Å². The second-order valence-corrected chi connectivity index (χ2v) is 7.69. The Hall–Kier alpha value is -2.99. The monoisotopic (exact) mass is 409 g/mol. The van der Waals surface area contributed by atoms with Crippen LogP contribution in [0.4, 0.5) is 4.39 Å². The van der Waals surface area contributed by atoms with Crippen LogP contribution in [0.5, 0.6) is 0 Å². The van der Waals surface area contributed by atoms with Gasteiger partial charge in [0, 0.05) is 18.7 Å². The molecule has 2 saturated heterocycles. The van der Waals surface area contributed by atoms with E-state index in [4.69, 9.17) is 4.74 Å². The van der Waals surface area contributed by atoms with Gasteiger partial charge in [0.15, 0.2) is 0 Å². The van der Waals surface area contributed by atoms with E-state index in [1.165, 1.54) is 29.2 Å². The SMILES string of the molecule is CCc1ccc(C2/C(=C(/O)c3ccc(F)cc3)C(=O)C(=O)N2CC2CCCO2)cc1. The first-order chi connectivity index (χ1) is 14.5. The average Bonchev–Trinajstić information content (AvgIpc) is 3.36. The van der Waals surface area contributed by atoms with Crippen molar-refractivity contribution in [3.8, 4) is 0 Å². The maximum atomic E-state index is 13.3.